The fourth-order valence-electron chi connectivity index (χ4n) is 3.64. The number of nitrogens with zero attached hydrogens (tertiary/aromatic N) is 2. The molecular formula is C20H32FIN4O. The molecule has 2 N–H and O–H groups in total. The van der Waals surface area contributed by atoms with Gasteiger partial charge in [-0.1, -0.05) is 32.0 Å². The molecule has 3 atom stereocenters. The number of nitrogens with one attached hydrogen (secondary N) is 2. The third-order valence-corrected chi connectivity index (χ3v) is 4.98. The quantitative estimate of drug-likeness (QED) is 0.366. The molecule has 0 aromatic heterocycles. The third-order valence-electron chi connectivity index (χ3n) is 4.98. The van der Waals surface area contributed by atoms with Crippen LogP contribution in [-0.2, 0) is 4.74 Å². The molecule has 1 aromatic rings. The van der Waals surface area contributed by atoms with Crippen molar-refractivity contribution in [3.63, 3.8) is 0 Å². The van der Waals surface area contributed by atoms with Crippen molar-refractivity contribution < 1.29 is 9.13 Å². The normalized spacial score (nSPS) is 25.8. The first-order valence-corrected chi connectivity index (χ1v) is 9.62. The van der Waals surface area contributed by atoms with Gasteiger partial charge in [0.15, 0.2) is 5.96 Å². The Kier molecular flexibility index (Phi) is 8.75. The van der Waals surface area contributed by atoms with Crippen molar-refractivity contribution in [1.82, 2.24) is 15.5 Å². The molecule has 0 spiro atoms. The van der Waals surface area contributed by atoms with Crippen LogP contribution in [0.4, 0.5) is 4.39 Å². The summed E-state index contributed by atoms with van der Waals surface area (Å²) in [5.41, 5.74) is 0.792. The summed E-state index contributed by atoms with van der Waals surface area (Å²) < 4.78 is 19.8. The standard InChI is InChI=1S/C20H31FN4O.HI/c1-14(2)12-25-8-9-26-15(13-25)11-23-20(22-3)24-19-10-17(19)16-6-4-5-7-18(16)21;/h4-7,14-15,17,19H,8-13H2,1-3H3,(H2,22,23,24);1H. The van der Waals surface area contributed by atoms with E-state index in [0.29, 0.717) is 5.92 Å². The second-order valence-electron chi connectivity index (χ2n) is 7.71. The fourth-order valence-corrected chi connectivity index (χ4v) is 3.64. The number of guanidine groups is 1. The molecule has 3 unspecified atom stereocenters. The molecule has 0 radical (unpaired) electrons. The van der Waals surface area contributed by atoms with E-state index in [1.807, 2.05) is 12.1 Å². The molecule has 1 heterocycles. The number of aliphatic imine (C=N–C) groups is 1. The Bertz CT molecular complexity index is 628. The zero-order valence-electron chi connectivity index (χ0n) is 16.5. The van der Waals surface area contributed by atoms with Gasteiger partial charge in [-0.05, 0) is 24.0 Å². The Morgan fingerprint density at radius 1 is 1.37 bits per heavy atom. The van der Waals surface area contributed by atoms with Crippen molar-refractivity contribution in [3.05, 3.63) is 35.6 Å². The Balaban J connectivity index is 0.00000261. The van der Waals surface area contributed by atoms with Gasteiger partial charge in [0.1, 0.15) is 5.82 Å². The monoisotopic (exact) mass is 490 g/mol. The van der Waals surface area contributed by atoms with Crippen LogP contribution in [0.3, 0.4) is 0 Å². The lowest BCUT2D eigenvalue weighted by molar-refractivity contribution is -0.0284. The molecular weight excluding hydrogens is 458 g/mol. The van der Waals surface area contributed by atoms with Crippen LogP contribution in [0.15, 0.2) is 29.3 Å². The largest absolute Gasteiger partial charge is 0.374 e. The lowest BCUT2D eigenvalue weighted by Gasteiger charge is -2.34. The van der Waals surface area contributed by atoms with Gasteiger partial charge in [-0.25, -0.2) is 4.39 Å². The molecule has 1 aliphatic carbocycles. The summed E-state index contributed by atoms with van der Waals surface area (Å²) in [5.74, 6) is 1.53. The predicted octanol–water partition coefficient (Wildman–Crippen LogP) is 2.82. The summed E-state index contributed by atoms with van der Waals surface area (Å²) in [4.78, 5) is 6.77. The lowest BCUT2D eigenvalue weighted by Crippen LogP contribution is -2.50. The van der Waals surface area contributed by atoms with E-state index in [4.69, 9.17) is 4.74 Å². The van der Waals surface area contributed by atoms with Gasteiger partial charge in [0, 0.05) is 45.2 Å². The van der Waals surface area contributed by atoms with Crippen molar-refractivity contribution in [2.45, 2.75) is 38.3 Å². The molecule has 3 rings (SSSR count). The average molecular weight is 490 g/mol. The number of halogens is 2. The molecule has 1 aliphatic heterocycles. The van der Waals surface area contributed by atoms with Crippen molar-refractivity contribution in [2.24, 2.45) is 10.9 Å². The second-order valence-corrected chi connectivity index (χ2v) is 7.71. The van der Waals surface area contributed by atoms with E-state index in [-0.39, 0.29) is 47.9 Å². The van der Waals surface area contributed by atoms with Gasteiger partial charge in [0.05, 0.1) is 12.7 Å². The zero-order chi connectivity index (χ0) is 18.5. The second kappa shape index (κ2) is 10.6. The highest BCUT2D eigenvalue weighted by atomic mass is 127. The summed E-state index contributed by atoms with van der Waals surface area (Å²) in [7, 11) is 1.77. The molecule has 152 valence electrons. The SMILES string of the molecule is CN=C(NCC1CN(CC(C)C)CCO1)NC1CC1c1ccccc1F.I. The molecule has 1 saturated carbocycles. The average Bonchev–Trinajstić information content (AvgIpc) is 3.37. The minimum Gasteiger partial charge on any atom is -0.374 e. The molecule has 2 aliphatic rings. The minimum atomic E-state index is -0.120. The summed E-state index contributed by atoms with van der Waals surface area (Å²) in [6.45, 7) is 9.07. The molecule has 2 fully saturated rings. The first-order chi connectivity index (χ1) is 12.6. The predicted molar refractivity (Wildman–Crippen MR) is 118 cm³/mol. The van der Waals surface area contributed by atoms with Gasteiger partial charge in [-0.15, -0.1) is 24.0 Å². The minimum absolute atomic E-state index is 0. The van der Waals surface area contributed by atoms with Crippen LogP contribution < -0.4 is 10.6 Å². The van der Waals surface area contributed by atoms with E-state index >= 15 is 0 Å². The Labute approximate surface area is 179 Å². The highest BCUT2D eigenvalue weighted by Crippen LogP contribution is 2.41. The van der Waals surface area contributed by atoms with Gasteiger partial charge in [-0.3, -0.25) is 9.89 Å². The van der Waals surface area contributed by atoms with Gasteiger partial charge in [-0.2, -0.15) is 0 Å². The lowest BCUT2D eigenvalue weighted by atomic mass is 10.1. The van der Waals surface area contributed by atoms with Crippen LogP contribution >= 0.6 is 24.0 Å². The van der Waals surface area contributed by atoms with Gasteiger partial charge >= 0.3 is 0 Å². The molecule has 1 aromatic carbocycles. The van der Waals surface area contributed by atoms with Crippen molar-refractivity contribution >= 4 is 29.9 Å². The number of hydrogen-bond donors (Lipinski definition) is 2. The fraction of sp³-hybridized carbons (Fsp3) is 0.650. The van der Waals surface area contributed by atoms with Crippen molar-refractivity contribution in [2.75, 3.05) is 39.8 Å². The van der Waals surface area contributed by atoms with Crippen LogP contribution in [0.1, 0.15) is 31.7 Å². The number of rotatable bonds is 6. The van der Waals surface area contributed by atoms with Crippen LogP contribution in [0.5, 0.6) is 0 Å². The Morgan fingerprint density at radius 3 is 2.85 bits per heavy atom. The summed E-state index contributed by atoms with van der Waals surface area (Å²) in [5, 5.41) is 6.77. The summed E-state index contributed by atoms with van der Waals surface area (Å²) in [6.07, 6.45) is 1.10. The number of morpholine rings is 1. The maximum Gasteiger partial charge on any atom is 0.191 e. The van der Waals surface area contributed by atoms with Crippen molar-refractivity contribution in [1.29, 1.82) is 0 Å². The number of benzene rings is 1. The summed E-state index contributed by atoms with van der Waals surface area (Å²) in [6, 6.07) is 7.27. The third kappa shape index (κ3) is 6.57. The number of hydrogen-bond acceptors (Lipinski definition) is 3. The van der Waals surface area contributed by atoms with E-state index < -0.39 is 0 Å². The van der Waals surface area contributed by atoms with E-state index in [0.717, 1.165) is 50.7 Å². The maximum absolute atomic E-state index is 13.9. The Morgan fingerprint density at radius 2 is 2.15 bits per heavy atom. The highest BCUT2D eigenvalue weighted by Gasteiger charge is 2.40. The van der Waals surface area contributed by atoms with Crippen LogP contribution in [-0.4, -0.2) is 62.8 Å². The van der Waals surface area contributed by atoms with E-state index in [2.05, 4.69) is 34.4 Å². The van der Waals surface area contributed by atoms with E-state index in [9.17, 15) is 4.39 Å². The summed E-state index contributed by atoms with van der Waals surface area (Å²) >= 11 is 0. The van der Waals surface area contributed by atoms with Gasteiger partial charge in [0.25, 0.3) is 0 Å². The highest BCUT2D eigenvalue weighted by molar-refractivity contribution is 14.0. The van der Waals surface area contributed by atoms with Crippen LogP contribution in [0.2, 0.25) is 0 Å². The molecule has 7 heteroatoms. The molecule has 0 bridgehead atoms. The smallest absolute Gasteiger partial charge is 0.191 e. The molecule has 1 saturated heterocycles. The van der Waals surface area contributed by atoms with Gasteiger partial charge in [0.2, 0.25) is 0 Å². The van der Waals surface area contributed by atoms with E-state index in [1.165, 1.54) is 6.07 Å². The van der Waals surface area contributed by atoms with Gasteiger partial charge < -0.3 is 15.4 Å². The molecule has 0 amide bonds. The Hall–Kier alpha value is -0.930. The number of ether oxygens (including phenoxy) is 1. The first kappa shape index (κ1) is 22.4. The van der Waals surface area contributed by atoms with Crippen LogP contribution in [0, 0.1) is 11.7 Å². The van der Waals surface area contributed by atoms with Crippen molar-refractivity contribution in [3.8, 4) is 0 Å². The molecule has 5 nitrogen and oxygen atoms in total. The zero-order valence-corrected chi connectivity index (χ0v) is 18.8. The first-order valence-electron chi connectivity index (χ1n) is 9.62. The maximum atomic E-state index is 13.9. The topological polar surface area (TPSA) is 48.9 Å². The molecule has 27 heavy (non-hydrogen) atoms. The van der Waals surface area contributed by atoms with Crippen LogP contribution in [0.25, 0.3) is 0 Å². The van der Waals surface area contributed by atoms with E-state index in [1.54, 1.807) is 13.1 Å².